The van der Waals surface area contributed by atoms with Crippen molar-refractivity contribution in [1.29, 1.82) is 0 Å². The molecule has 5 heteroatoms. The van der Waals surface area contributed by atoms with Gasteiger partial charge >= 0.3 is 0 Å². The molecule has 18 heavy (non-hydrogen) atoms. The molecule has 0 saturated heterocycles. The molecule has 0 spiro atoms. The van der Waals surface area contributed by atoms with E-state index in [-0.39, 0.29) is 5.56 Å². The number of nitrogens with two attached hydrogens (primary N) is 1. The van der Waals surface area contributed by atoms with Crippen LogP contribution < -0.4 is 11.3 Å². The molecular formula is C13H23N3O2. The maximum absolute atomic E-state index is 11.7. The van der Waals surface area contributed by atoms with E-state index >= 15 is 0 Å². The molecule has 0 fully saturated rings. The molecule has 3 N–H and O–H groups in total. The molecule has 1 aromatic rings. The summed E-state index contributed by atoms with van der Waals surface area (Å²) in [6.45, 7) is 7.09. The lowest BCUT2D eigenvalue weighted by Gasteiger charge is -2.30. The van der Waals surface area contributed by atoms with Gasteiger partial charge in [0.15, 0.2) is 0 Å². The SMILES string of the molecule is CCOC(CC)(CC)c1nc(CCN)cc(=O)[nH]1. The molecule has 0 aliphatic heterocycles. The maximum atomic E-state index is 11.7. The molecule has 102 valence electrons. The molecule has 5 nitrogen and oxygen atoms in total. The molecule has 0 radical (unpaired) electrons. The van der Waals surface area contributed by atoms with Crippen molar-refractivity contribution < 1.29 is 4.74 Å². The smallest absolute Gasteiger partial charge is 0.251 e. The summed E-state index contributed by atoms with van der Waals surface area (Å²) < 4.78 is 5.84. The van der Waals surface area contributed by atoms with Gasteiger partial charge in [0.05, 0.1) is 0 Å². The number of rotatable bonds is 7. The third-order valence-electron chi connectivity index (χ3n) is 3.19. The zero-order valence-electron chi connectivity index (χ0n) is 11.5. The van der Waals surface area contributed by atoms with Crippen molar-refractivity contribution in [2.75, 3.05) is 13.2 Å². The van der Waals surface area contributed by atoms with Gasteiger partial charge < -0.3 is 15.5 Å². The lowest BCUT2D eigenvalue weighted by Crippen LogP contribution is -2.33. The molecule has 0 aliphatic rings. The van der Waals surface area contributed by atoms with E-state index in [4.69, 9.17) is 10.5 Å². The van der Waals surface area contributed by atoms with Gasteiger partial charge in [0.1, 0.15) is 11.4 Å². The molecule has 0 saturated carbocycles. The van der Waals surface area contributed by atoms with Crippen LogP contribution >= 0.6 is 0 Å². The van der Waals surface area contributed by atoms with Crippen molar-refractivity contribution in [3.05, 3.63) is 27.9 Å². The predicted molar refractivity (Wildman–Crippen MR) is 71.5 cm³/mol. The Balaban J connectivity index is 3.23. The summed E-state index contributed by atoms with van der Waals surface area (Å²) in [6, 6.07) is 1.50. The lowest BCUT2D eigenvalue weighted by atomic mass is 9.95. The normalized spacial score (nSPS) is 11.8. The summed E-state index contributed by atoms with van der Waals surface area (Å²) >= 11 is 0. The van der Waals surface area contributed by atoms with E-state index in [0.29, 0.717) is 25.4 Å². The van der Waals surface area contributed by atoms with Gasteiger partial charge in [-0.05, 0) is 26.3 Å². The largest absolute Gasteiger partial charge is 0.367 e. The Labute approximate surface area is 108 Å². The first-order valence-corrected chi connectivity index (χ1v) is 6.56. The minimum atomic E-state index is -0.501. The molecule has 1 rings (SSSR count). The number of aromatic amines is 1. The standard InChI is InChI=1S/C13H23N3O2/c1-4-13(5-2,18-6-3)12-15-10(7-8-14)9-11(17)16-12/h9H,4-8,14H2,1-3H3,(H,15,16,17). The van der Waals surface area contributed by atoms with E-state index in [2.05, 4.69) is 9.97 Å². The van der Waals surface area contributed by atoms with Crippen LogP contribution in [0.25, 0.3) is 0 Å². The number of aromatic nitrogens is 2. The van der Waals surface area contributed by atoms with Crippen LogP contribution in [0, 0.1) is 0 Å². The van der Waals surface area contributed by atoms with E-state index in [0.717, 1.165) is 18.5 Å². The van der Waals surface area contributed by atoms with Crippen LogP contribution in [0.4, 0.5) is 0 Å². The Morgan fingerprint density at radius 1 is 1.39 bits per heavy atom. The first kappa shape index (κ1) is 14.9. The molecule has 0 aliphatic carbocycles. The topological polar surface area (TPSA) is 81.0 Å². The summed E-state index contributed by atoms with van der Waals surface area (Å²) in [6.07, 6.45) is 2.14. The monoisotopic (exact) mass is 253 g/mol. The van der Waals surface area contributed by atoms with Crippen LogP contribution in [0.3, 0.4) is 0 Å². The number of hydrogen-bond donors (Lipinski definition) is 2. The summed E-state index contributed by atoms with van der Waals surface area (Å²) in [4.78, 5) is 19.0. The highest BCUT2D eigenvalue weighted by atomic mass is 16.5. The first-order chi connectivity index (χ1) is 8.61. The molecule has 0 amide bonds. The van der Waals surface area contributed by atoms with Gasteiger partial charge in [-0.3, -0.25) is 4.79 Å². The van der Waals surface area contributed by atoms with Crippen molar-refractivity contribution in [3.63, 3.8) is 0 Å². The average molecular weight is 253 g/mol. The Morgan fingerprint density at radius 2 is 2.06 bits per heavy atom. The van der Waals surface area contributed by atoms with Gasteiger partial charge in [-0.15, -0.1) is 0 Å². The van der Waals surface area contributed by atoms with Gasteiger partial charge in [0.25, 0.3) is 5.56 Å². The van der Waals surface area contributed by atoms with Crippen LogP contribution in [0.2, 0.25) is 0 Å². The van der Waals surface area contributed by atoms with E-state index in [9.17, 15) is 4.79 Å². The van der Waals surface area contributed by atoms with Crippen LogP contribution in [0.5, 0.6) is 0 Å². The van der Waals surface area contributed by atoms with Gasteiger partial charge in [-0.25, -0.2) is 4.98 Å². The highest BCUT2D eigenvalue weighted by molar-refractivity contribution is 5.09. The average Bonchev–Trinajstić information content (AvgIpc) is 2.36. The van der Waals surface area contributed by atoms with Gasteiger partial charge in [0.2, 0.25) is 0 Å². The quantitative estimate of drug-likeness (QED) is 0.768. The van der Waals surface area contributed by atoms with Crippen LogP contribution in [0.15, 0.2) is 10.9 Å². The predicted octanol–water partition coefficient (Wildman–Crippen LogP) is 1.32. The molecule has 0 atom stereocenters. The third kappa shape index (κ3) is 3.17. The second-order valence-corrected chi connectivity index (χ2v) is 4.26. The Kier molecular flexibility index (Phi) is 5.50. The highest BCUT2D eigenvalue weighted by Crippen LogP contribution is 2.29. The summed E-state index contributed by atoms with van der Waals surface area (Å²) in [5, 5.41) is 0. The van der Waals surface area contributed by atoms with Gasteiger partial charge in [0, 0.05) is 24.8 Å². The van der Waals surface area contributed by atoms with Crippen LogP contribution in [0.1, 0.15) is 45.1 Å². The molecule has 0 bridgehead atoms. The van der Waals surface area contributed by atoms with Gasteiger partial charge in [-0.1, -0.05) is 13.8 Å². The van der Waals surface area contributed by atoms with E-state index in [1.54, 1.807) is 0 Å². The van der Waals surface area contributed by atoms with Crippen LogP contribution in [-0.2, 0) is 16.8 Å². The number of ether oxygens (including phenoxy) is 1. The van der Waals surface area contributed by atoms with Crippen LogP contribution in [-0.4, -0.2) is 23.1 Å². The van der Waals surface area contributed by atoms with Crippen molar-refractivity contribution >= 4 is 0 Å². The van der Waals surface area contributed by atoms with Gasteiger partial charge in [-0.2, -0.15) is 0 Å². The lowest BCUT2D eigenvalue weighted by molar-refractivity contribution is -0.0574. The maximum Gasteiger partial charge on any atom is 0.251 e. The third-order valence-corrected chi connectivity index (χ3v) is 3.19. The molecular weight excluding hydrogens is 230 g/mol. The zero-order valence-corrected chi connectivity index (χ0v) is 11.5. The van der Waals surface area contributed by atoms with Crippen molar-refractivity contribution in [2.24, 2.45) is 5.73 Å². The summed E-state index contributed by atoms with van der Waals surface area (Å²) in [5.41, 5.74) is 5.59. The highest BCUT2D eigenvalue weighted by Gasteiger charge is 2.32. The van der Waals surface area contributed by atoms with E-state index < -0.39 is 5.60 Å². The van der Waals surface area contributed by atoms with Crippen molar-refractivity contribution in [3.8, 4) is 0 Å². The summed E-state index contributed by atoms with van der Waals surface area (Å²) in [7, 11) is 0. The second-order valence-electron chi connectivity index (χ2n) is 4.26. The fraction of sp³-hybridized carbons (Fsp3) is 0.692. The molecule has 1 aromatic heterocycles. The second kappa shape index (κ2) is 6.66. The Morgan fingerprint density at radius 3 is 2.56 bits per heavy atom. The molecule has 0 aromatic carbocycles. The number of nitrogens with one attached hydrogen (secondary N) is 1. The fourth-order valence-electron chi connectivity index (χ4n) is 2.13. The zero-order chi connectivity index (χ0) is 13.6. The van der Waals surface area contributed by atoms with Crippen molar-refractivity contribution in [2.45, 2.75) is 45.6 Å². The Bertz CT molecular complexity index is 424. The molecule has 0 unspecified atom stereocenters. The number of H-pyrrole nitrogens is 1. The molecule has 1 heterocycles. The number of nitrogens with zero attached hydrogens (tertiary/aromatic N) is 1. The van der Waals surface area contributed by atoms with E-state index in [1.807, 2.05) is 20.8 Å². The number of hydrogen-bond acceptors (Lipinski definition) is 4. The minimum Gasteiger partial charge on any atom is -0.367 e. The minimum absolute atomic E-state index is 0.144. The fourth-order valence-corrected chi connectivity index (χ4v) is 2.13. The Hall–Kier alpha value is -1.20. The van der Waals surface area contributed by atoms with Crippen molar-refractivity contribution in [1.82, 2.24) is 9.97 Å². The summed E-state index contributed by atoms with van der Waals surface area (Å²) in [5.74, 6) is 0.616. The first-order valence-electron chi connectivity index (χ1n) is 6.56. The van der Waals surface area contributed by atoms with E-state index in [1.165, 1.54) is 6.07 Å².